The second kappa shape index (κ2) is 8.05. The van der Waals surface area contributed by atoms with Crippen molar-refractivity contribution in [1.29, 1.82) is 0 Å². The van der Waals surface area contributed by atoms with Gasteiger partial charge >= 0.3 is 0 Å². The van der Waals surface area contributed by atoms with E-state index in [4.69, 9.17) is 4.74 Å². The molecule has 2 aromatic heterocycles. The first kappa shape index (κ1) is 16.6. The van der Waals surface area contributed by atoms with Crippen LogP contribution < -0.4 is 10.1 Å². The number of aromatic nitrogens is 4. The van der Waals surface area contributed by atoms with Crippen LogP contribution in [0.1, 0.15) is 28.9 Å². The van der Waals surface area contributed by atoms with Crippen molar-refractivity contribution in [2.24, 2.45) is 0 Å². The zero-order valence-electron chi connectivity index (χ0n) is 13.9. The van der Waals surface area contributed by atoms with E-state index in [1.807, 2.05) is 37.3 Å². The topological polar surface area (TPSA) is 81.9 Å². The molecule has 0 spiro atoms. The molecule has 7 heteroatoms. The van der Waals surface area contributed by atoms with E-state index in [0.29, 0.717) is 24.6 Å². The maximum absolute atomic E-state index is 12.8. The number of rotatable bonds is 7. The maximum Gasteiger partial charge on any atom is 0.257 e. The summed E-state index contributed by atoms with van der Waals surface area (Å²) in [5.74, 6) is 0.0839. The molecule has 128 valence electrons. The van der Waals surface area contributed by atoms with Crippen molar-refractivity contribution in [2.45, 2.75) is 19.5 Å². The van der Waals surface area contributed by atoms with Crippen molar-refractivity contribution in [3.63, 3.8) is 0 Å². The molecular formula is C18H19N5O2. The van der Waals surface area contributed by atoms with Crippen molar-refractivity contribution in [3.8, 4) is 5.88 Å². The smallest absolute Gasteiger partial charge is 0.257 e. The standard InChI is InChI=1S/C18H19N5O2/c1-2-25-18-15(9-6-10-20-18)17(24)22-16(11-23-13-19-12-21-23)14-7-4-3-5-8-14/h3-10,12-13,16H,2,11H2,1H3,(H,22,24). The molecule has 0 aliphatic heterocycles. The Morgan fingerprint density at radius 3 is 2.80 bits per heavy atom. The fourth-order valence-electron chi connectivity index (χ4n) is 2.49. The van der Waals surface area contributed by atoms with Gasteiger partial charge in [-0.25, -0.2) is 9.97 Å². The van der Waals surface area contributed by atoms with Crippen LogP contribution in [0.2, 0.25) is 0 Å². The van der Waals surface area contributed by atoms with E-state index >= 15 is 0 Å². The Morgan fingerprint density at radius 2 is 2.08 bits per heavy atom. The van der Waals surface area contributed by atoms with Gasteiger partial charge in [0.25, 0.3) is 5.91 Å². The first-order chi connectivity index (χ1) is 12.3. The minimum atomic E-state index is -0.259. The molecular weight excluding hydrogens is 318 g/mol. The van der Waals surface area contributed by atoms with E-state index in [0.717, 1.165) is 5.56 Å². The van der Waals surface area contributed by atoms with E-state index in [-0.39, 0.29) is 11.9 Å². The minimum Gasteiger partial charge on any atom is -0.477 e. The van der Waals surface area contributed by atoms with Gasteiger partial charge < -0.3 is 10.1 Å². The number of amides is 1. The average Bonchev–Trinajstić information content (AvgIpc) is 3.16. The highest BCUT2D eigenvalue weighted by Crippen LogP contribution is 2.19. The predicted octanol–water partition coefficient (Wildman–Crippen LogP) is 2.24. The van der Waals surface area contributed by atoms with Crippen LogP contribution in [0.15, 0.2) is 61.3 Å². The van der Waals surface area contributed by atoms with Crippen LogP contribution in [-0.4, -0.2) is 32.3 Å². The molecule has 0 aliphatic carbocycles. The quantitative estimate of drug-likeness (QED) is 0.715. The molecule has 1 atom stereocenters. The molecule has 0 bridgehead atoms. The van der Waals surface area contributed by atoms with Crippen LogP contribution in [-0.2, 0) is 6.54 Å². The average molecular weight is 337 g/mol. The fraction of sp³-hybridized carbons (Fsp3) is 0.222. The van der Waals surface area contributed by atoms with Gasteiger partial charge in [-0.1, -0.05) is 30.3 Å². The number of carbonyl (C=O) groups excluding carboxylic acids is 1. The highest BCUT2D eigenvalue weighted by Gasteiger charge is 2.19. The van der Waals surface area contributed by atoms with Gasteiger partial charge in [0.15, 0.2) is 0 Å². The number of hydrogen-bond donors (Lipinski definition) is 1. The fourth-order valence-corrected chi connectivity index (χ4v) is 2.49. The lowest BCUT2D eigenvalue weighted by Gasteiger charge is -2.19. The zero-order valence-corrected chi connectivity index (χ0v) is 13.9. The lowest BCUT2D eigenvalue weighted by Crippen LogP contribution is -2.32. The Morgan fingerprint density at radius 1 is 1.24 bits per heavy atom. The molecule has 0 aliphatic rings. The molecule has 2 heterocycles. The number of nitrogens with one attached hydrogen (secondary N) is 1. The summed E-state index contributed by atoms with van der Waals surface area (Å²) in [4.78, 5) is 20.9. The number of nitrogens with zero attached hydrogens (tertiary/aromatic N) is 4. The Labute approximate surface area is 145 Å². The van der Waals surface area contributed by atoms with Crippen LogP contribution in [0.25, 0.3) is 0 Å². The van der Waals surface area contributed by atoms with E-state index in [2.05, 4.69) is 20.4 Å². The summed E-state index contributed by atoms with van der Waals surface area (Å²) >= 11 is 0. The van der Waals surface area contributed by atoms with Gasteiger partial charge in [0, 0.05) is 6.20 Å². The van der Waals surface area contributed by atoms with Crippen LogP contribution >= 0.6 is 0 Å². The number of ether oxygens (including phenoxy) is 1. The largest absolute Gasteiger partial charge is 0.477 e. The van der Waals surface area contributed by atoms with Crippen molar-refractivity contribution >= 4 is 5.91 Å². The second-order valence-electron chi connectivity index (χ2n) is 5.34. The maximum atomic E-state index is 12.8. The third kappa shape index (κ3) is 4.20. The monoisotopic (exact) mass is 337 g/mol. The van der Waals surface area contributed by atoms with Crippen LogP contribution in [0.5, 0.6) is 5.88 Å². The minimum absolute atomic E-state index is 0.245. The van der Waals surface area contributed by atoms with Gasteiger partial charge in [-0.05, 0) is 24.6 Å². The molecule has 0 fully saturated rings. The SMILES string of the molecule is CCOc1ncccc1C(=O)NC(Cn1cncn1)c1ccccc1. The Balaban J connectivity index is 1.83. The molecule has 0 radical (unpaired) electrons. The summed E-state index contributed by atoms with van der Waals surface area (Å²) in [7, 11) is 0. The molecule has 3 rings (SSSR count). The highest BCUT2D eigenvalue weighted by atomic mass is 16.5. The number of pyridine rings is 1. The predicted molar refractivity (Wildman–Crippen MR) is 92.1 cm³/mol. The number of benzene rings is 1. The number of carbonyl (C=O) groups is 1. The van der Waals surface area contributed by atoms with E-state index in [1.165, 1.54) is 6.33 Å². The Bertz CT molecular complexity index is 805. The van der Waals surface area contributed by atoms with Gasteiger partial charge in [-0.3, -0.25) is 9.48 Å². The van der Waals surface area contributed by atoms with Crippen molar-refractivity contribution in [2.75, 3.05) is 6.61 Å². The molecule has 0 saturated carbocycles. The van der Waals surface area contributed by atoms with Gasteiger partial charge in [0.05, 0.1) is 19.2 Å². The van der Waals surface area contributed by atoms with Crippen molar-refractivity contribution in [1.82, 2.24) is 25.1 Å². The molecule has 1 aromatic carbocycles. The number of hydrogen-bond acceptors (Lipinski definition) is 5. The van der Waals surface area contributed by atoms with E-state index in [9.17, 15) is 4.79 Å². The first-order valence-electron chi connectivity index (χ1n) is 8.04. The zero-order chi connectivity index (χ0) is 17.5. The molecule has 7 nitrogen and oxygen atoms in total. The van der Waals surface area contributed by atoms with Crippen molar-refractivity contribution < 1.29 is 9.53 Å². The second-order valence-corrected chi connectivity index (χ2v) is 5.34. The molecule has 1 unspecified atom stereocenters. The molecule has 1 N–H and O–H groups in total. The highest BCUT2D eigenvalue weighted by molar-refractivity contribution is 5.96. The van der Waals surface area contributed by atoms with Gasteiger partial charge in [0.1, 0.15) is 18.2 Å². The summed E-state index contributed by atoms with van der Waals surface area (Å²) in [5.41, 5.74) is 1.39. The Hall–Kier alpha value is -3.22. The summed E-state index contributed by atoms with van der Waals surface area (Å²) in [6.07, 6.45) is 4.70. The van der Waals surface area contributed by atoms with Crippen LogP contribution in [0.3, 0.4) is 0 Å². The van der Waals surface area contributed by atoms with E-state index in [1.54, 1.807) is 29.3 Å². The van der Waals surface area contributed by atoms with E-state index < -0.39 is 0 Å². The van der Waals surface area contributed by atoms with Gasteiger partial charge in [-0.2, -0.15) is 5.10 Å². The molecule has 1 amide bonds. The molecule has 3 aromatic rings. The Kier molecular flexibility index (Phi) is 5.36. The first-order valence-corrected chi connectivity index (χ1v) is 8.04. The summed E-state index contributed by atoms with van der Waals surface area (Å²) < 4.78 is 7.14. The third-order valence-corrected chi connectivity index (χ3v) is 3.64. The lowest BCUT2D eigenvalue weighted by atomic mass is 10.1. The van der Waals surface area contributed by atoms with Crippen molar-refractivity contribution in [3.05, 3.63) is 72.4 Å². The normalized spacial score (nSPS) is 11.7. The lowest BCUT2D eigenvalue weighted by molar-refractivity contribution is 0.0927. The summed E-state index contributed by atoms with van der Waals surface area (Å²) in [5, 5.41) is 7.16. The van der Waals surface area contributed by atoms with Crippen LogP contribution in [0, 0.1) is 0 Å². The summed E-state index contributed by atoms with van der Waals surface area (Å²) in [6.45, 7) is 2.77. The molecule has 25 heavy (non-hydrogen) atoms. The third-order valence-electron chi connectivity index (χ3n) is 3.64. The summed E-state index contributed by atoms with van der Waals surface area (Å²) in [6, 6.07) is 12.9. The molecule has 0 saturated heterocycles. The van der Waals surface area contributed by atoms with Gasteiger partial charge in [-0.15, -0.1) is 0 Å². The van der Waals surface area contributed by atoms with Gasteiger partial charge in [0.2, 0.25) is 5.88 Å². The van der Waals surface area contributed by atoms with Crippen LogP contribution in [0.4, 0.5) is 0 Å².